The van der Waals surface area contributed by atoms with Crippen molar-refractivity contribution in [1.82, 2.24) is 25.6 Å². The van der Waals surface area contributed by atoms with Gasteiger partial charge in [-0.3, -0.25) is 29.2 Å². The number of benzene rings is 1. The first-order chi connectivity index (χ1) is 20.3. The third-order valence-corrected chi connectivity index (χ3v) is 8.23. The summed E-state index contributed by atoms with van der Waals surface area (Å²) in [6, 6.07) is 7.81. The van der Waals surface area contributed by atoms with E-state index in [2.05, 4.69) is 10.7 Å². The maximum absolute atomic E-state index is 13.5. The molecule has 5 atom stereocenters. The van der Waals surface area contributed by atoms with E-state index in [4.69, 9.17) is 14.5 Å². The van der Waals surface area contributed by atoms with Crippen LogP contribution in [0.1, 0.15) is 64.8 Å². The Morgan fingerprint density at radius 2 is 1.84 bits per heavy atom. The van der Waals surface area contributed by atoms with Crippen LogP contribution in [-0.2, 0) is 28.7 Å². The third-order valence-electron chi connectivity index (χ3n) is 8.23. The van der Waals surface area contributed by atoms with Gasteiger partial charge in [-0.2, -0.15) is 0 Å². The predicted octanol–water partition coefficient (Wildman–Crippen LogP) is 3.00. The number of amides is 3. The number of aromatic nitrogens is 1. The Balaban J connectivity index is 1.77. The fraction of sp³-hybridized carbons (Fsp3) is 0.531. The lowest BCUT2D eigenvalue weighted by atomic mass is 9.90. The van der Waals surface area contributed by atoms with Crippen molar-refractivity contribution in [3.63, 3.8) is 0 Å². The molecular weight excluding hydrogens is 550 g/mol. The van der Waals surface area contributed by atoms with E-state index < -0.39 is 35.5 Å². The highest BCUT2D eigenvalue weighted by atomic mass is 16.6. The summed E-state index contributed by atoms with van der Waals surface area (Å²) in [6.45, 7) is 9.14. The average molecular weight is 594 g/mol. The van der Waals surface area contributed by atoms with E-state index in [-0.39, 0.29) is 30.4 Å². The van der Waals surface area contributed by atoms with Gasteiger partial charge in [0, 0.05) is 26.1 Å². The number of fused-ring (bicyclic) bond motifs is 4. The molecule has 0 saturated carbocycles. The van der Waals surface area contributed by atoms with E-state index in [1.165, 1.54) is 12.1 Å². The SMILES string of the molecule is COC[C@@]1(C)C=Cc2ccc3ccc(nc3c2)[C@@H](C)N(C)C(=O)[C@@H]2CCCN(N2)C(=O)[C@H](C)NC(=O)[C@H](C(C)C)OC1=O. The van der Waals surface area contributed by atoms with Crippen LogP contribution in [0.25, 0.3) is 17.0 Å². The quantitative estimate of drug-likeness (QED) is 0.520. The number of nitrogens with zero attached hydrogens (tertiary/aromatic N) is 3. The largest absolute Gasteiger partial charge is 0.451 e. The summed E-state index contributed by atoms with van der Waals surface area (Å²) < 4.78 is 11.2. The molecule has 5 bridgehead atoms. The van der Waals surface area contributed by atoms with E-state index >= 15 is 0 Å². The fourth-order valence-electron chi connectivity index (χ4n) is 5.33. The number of carbonyl (C=O) groups excluding carboxylic acids is 4. The minimum Gasteiger partial charge on any atom is -0.451 e. The number of ether oxygens (including phenoxy) is 2. The Morgan fingerprint density at radius 1 is 1.12 bits per heavy atom. The van der Waals surface area contributed by atoms with Crippen molar-refractivity contribution in [3.8, 4) is 0 Å². The lowest BCUT2D eigenvalue weighted by Crippen LogP contribution is -2.61. The molecule has 4 rings (SSSR count). The Bertz CT molecular complexity index is 1410. The number of hydrazine groups is 1. The van der Waals surface area contributed by atoms with E-state index in [0.717, 1.165) is 22.2 Å². The highest BCUT2D eigenvalue weighted by molar-refractivity contribution is 5.91. The predicted molar refractivity (Wildman–Crippen MR) is 162 cm³/mol. The molecule has 2 aliphatic rings. The van der Waals surface area contributed by atoms with Crippen molar-refractivity contribution in [1.29, 1.82) is 0 Å². The third kappa shape index (κ3) is 7.05. The number of hydrogen-bond acceptors (Lipinski definition) is 8. The first-order valence-electron chi connectivity index (χ1n) is 14.8. The molecule has 2 N–H and O–H groups in total. The van der Waals surface area contributed by atoms with Crippen LogP contribution in [0.3, 0.4) is 0 Å². The highest BCUT2D eigenvalue weighted by Gasteiger charge is 2.39. The van der Waals surface area contributed by atoms with Crippen LogP contribution in [0.5, 0.6) is 0 Å². The van der Waals surface area contributed by atoms with Crippen molar-refractivity contribution >= 4 is 40.7 Å². The van der Waals surface area contributed by atoms with Gasteiger partial charge in [-0.25, -0.2) is 5.43 Å². The van der Waals surface area contributed by atoms with Gasteiger partial charge in [-0.15, -0.1) is 0 Å². The first kappa shape index (κ1) is 32.1. The van der Waals surface area contributed by atoms with E-state index in [1.54, 1.807) is 51.8 Å². The second-order valence-corrected chi connectivity index (χ2v) is 12.1. The first-order valence-corrected chi connectivity index (χ1v) is 14.8. The van der Waals surface area contributed by atoms with Gasteiger partial charge in [0.25, 0.3) is 11.8 Å². The van der Waals surface area contributed by atoms with Crippen molar-refractivity contribution in [3.05, 3.63) is 47.7 Å². The van der Waals surface area contributed by atoms with Crippen LogP contribution in [0.2, 0.25) is 0 Å². The Hall–Kier alpha value is -3.83. The molecule has 3 heterocycles. The molecule has 232 valence electrons. The summed E-state index contributed by atoms with van der Waals surface area (Å²) in [6.07, 6.45) is 3.56. The van der Waals surface area contributed by atoms with E-state index in [0.29, 0.717) is 19.4 Å². The number of pyridine rings is 1. The molecule has 1 saturated heterocycles. The molecule has 1 aromatic heterocycles. The van der Waals surface area contributed by atoms with E-state index in [1.807, 2.05) is 37.3 Å². The maximum Gasteiger partial charge on any atom is 0.318 e. The number of methoxy groups -OCH3 is 1. The van der Waals surface area contributed by atoms with Gasteiger partial charge >= 0.3 is 5.97 Å². The number of hydrogen-bond donors (Lipinski definition) is 2. The molecule has 3 amide bonds. The summed E-state index contributed by atoms with van der Waals surface area (Å²) in [5, 5.41) is 5.04. The van der Waals surface area contributed by atoms with Crippen LogP contribution in [0.15, 0.2) is 36.4 Å². The van der Waals surface area contributed by atoms with Gasteiger partial charge in [0.2, 0.25) is 5.91 Å². The van der Waals surface area contributed by atoms with Crippen LogP contribution < -0.4 is 10.7 Å². The molecule has 0 aliphatic carbocycles. The van der Waals surface area contributed by atoms with E-state index in [9.17, 15) is 19.2 Å². The molecular formula is C32H43N5O6. The molecule has 1 aromatic carbocycles. The van der Waals surface area contributed by atoms with Gasteiger partial charge in [0.15, 0.2) is 6.10 Å². The average Bonchev–Trinajstić information content (AvgIpc) is 3.00. The topological polar surface area (TPSA) is 130 Å². The molecule has 11 nitrogen and oxygen atoms in total. The van der Waals surface area contributed by atoms with Crippen LogP contribution in [0, 0.1) is 11.3 Å². The molecule has 0 spiro atoms. The second kappa shape index (κ2) is 13.2. The zero-order chi connectivity index (χ0) is 31.5. The zero-order valence-electron chi connectivity index (χ0n) is 26.0. The fourth-order valence-corrected chi connectivity index (χ4v) is 5.33. The molecule has 43 heavy (non-hydrogen) atoms. The lowest BCUT2D eigenvalue weighted by molar-refractivity contribution is -0.168. The van der Waals surface area contributed by atoms with Gasteiger partial charge in [0.05, 0.1) is 23.9 Å². The second-order valence-electron chi connectivity index (χ2n) is 12.1. The van der Waals surface area contributed by atoms with Crippen molar-refractivity contribution in [2.75, 3.05) is 27.3 Å². The van der Waals surface area contributed by atoms with Gasteiger partial charge in [-0.1, -0.05) is 44.2 Å². The molecule has 0 radical (unpaired) electrons. The zero-order valence-corrected chi connectivity index (χ0v) is 26.0. The van der Waals surface area contributed by atoms with Crippen molar-refractivity contribution < 1.29 is 28.7 Å². The Morgan fingerprint density at radius 3 is 2.53 bits per heavy atom. The summed E-state index contributed by atoms with van der Waals surface area (Å²) in [5.41, 5.74) is 4.15. The normalized spacial score (nSPS) is 27.9. The maximum atomic E-state index is 13.5. The molecule has 1 fully saturated rings. The number of rotatable bonds is 3. The smallest absolute Gasteiger partial charge is 0.318 e. The number of likely N-dealkylation sites (N-methyl/N-ethyl adjacent to an activating group) is 1. The van der Waals surface area contributed by atoms with Gasteiger partial charge in [0.1, 0.15) is 17.5 Å². The summed E-state index contributed by atoms with van der Waals surface area (Å²) in [5.74, 6) is -2.11. The monoisotopic (exact) mass is 593 g/mol. The highest BCUT2D eigenvalue weighted by Crippen LogP contribution is 2.27. The molecule has 0 unspecified atom stereocenters. The van der Waals surface area contributed by atoms with Crippen LogP contribution in [0.4, 0.5) is 0 Å². The van der Waals surface area contributed by atoms with Crippen molar-refractivity contribution in [2.24, 2.45) is 11.3 Å². The lowest BCUT2D eigenvalue weighted by Gasteiger charge is -2.37. The van der Waals surface area contributed by atoms with Gasteiger partial charge < -0.3 is 19.7 Å². The summed E-state index contributed by atoms with van der Waals surface area (Å²) >= 11 is 0. The van der Waals surface area contributed by atoms with Crippen molar-refractivity contribution in [2.45, 2.75) is 71.7 Å². The number of cyclic esters (lactones) is 1. The van der Waals surface area contributed by atoms with Crippen LogP contribution in [-0.4, -0.2) is 84.1 Å². The molecule has 2 aromatic rings. The minimum atomic E-state index is -1.20. The standard InChI is InChI=1S/C32H43N5O6/c1-19(2)27-28(38)33-20(3)29(39)37-16-8-9-25(35-37)30(40)36(6)21(4)24-13-12-23-11-10-22(17-26(23)34-24)14-15-32(5,18-42-7)31(41)43-27/h10-15,17,19-21,25,27,35H,8-9,16,18H2,1-7H3,(H,33,38)/t20-,21+,25-,27-,32+/m0/s1. The van der Waals surface area contributed by atoms with Crippen LogP contribution >= 0.6 is 0 Å². The summed E-state index contributed by atoms with van der Waals surface area (Å²) in [7, 11) is 3.23. The Kier molecular flexibility index (Phi) is 9.86. The Labute approximate surface area is 252 Å². The molecule has 2 aliphatic heterocycles. The minimum absolute atomic E-state index is 0.0271. The summed E-state index contributed by atoms with van der Waals surface area (Å²) in [4.78, 5) is 60.3. The number of nitrogens with one attached hydrogen (secondary N) is 2. The van der Waals surface area contributed by atoms with Gasteiger partial charge in [-0.05, 0) is 57.2 Å². The number of esters is 1. The molecule has 11 heteroatoms. The number of carbonyl (C=O) groups is 4.